The van der Waals surface area contributed by atoms with Crippen LogP contribution in [0.3, 0.4) is 0 Å². The third-order valence-corrected chi connectivity index (χ3v) is 4.15. The minimum absolute atomic E-state index is 0.235. The maximum atomic E-state index is 11.7. The number of nitrogens with zero attached hydrogens (tertiary/aromatic N) is 3. The molecule has 0 radical (unpaired) electrons. The summed E-state index contributed by atoms with van der Waals surface area (Å²) in [6.07, 6.45) is 1.64. The Hall–Kier alpha value is -0.680. The van der Waals surface area contributed by atoms with Gasteiger partial charge < -0.3 is 4.90 Å². The second-order valence-corrected chi connectivity index (χ2v) is 5.59. The molecular weight excluding hydrogens is 258 g/mol. The molecule has 0 aromatic carbocycles. The van der Waals surface area contributed by atoms with Crippen molar-refractivity contribution in [3.8, 4) is 0 Å². The van der Waals surface area contributed by atoms with Crippen LogP contribution in [-0.4, -0.2) is 34.4 Å². The fourth-order valence-electron chi connectivity index (χ4n) is 1.39. The third kappa shape index (κ3) is 3.39. The molecule has 0 aliphatic carbocycles. The Bertz CT molecular complexity index is 435. The predicted octanol–water partition coefficient (Wildman–Crippen LogP) is 2.01. The van der Waals surface area contributed by atoms with E-state index < -0.39 is 0 Å². The number of hydrogen-bond acceptors (Lipinski definition) is 4. The standard InChI is InChI=1S/C11H18ClN3OS/c1-5-17-7-8(2)14(3)9-6-13-15(4)11(16)10(9)12/h6,8H,5,7H2,1-4H3/t8-/m0/s1. The van der Waals surface area contributed by atoms with Crippen LogP contribution in [0.4, 0.5) is 5.69 Å². The van der Waals surface area contributed by atoms with Crippen molar-refractivity contribution in [1.29, 1.82) is 0 Å². The van der Waals surface area contributed by atoms with E-state index in [0.717, 1.165) is 11.5 Å². The van der Waals surface area contributed by atoms with Gasteiger partial charge in [-0.25, -0.2) is 4.68 Å². The van der Waals surface area contributed by atoms with Gasteiger partial charge in [-0.05, 0) is 12.7 Å². The van der Waals surface area contributed by atoms with Crippen LogP contribution in [0.2, 0.25) is 5.02 Å². The van der Waals surface area contributed by atoms with Crippen molar-refractivity contribution in [2.24, 2.45) is 7.05 Å². The first kappa shape index (κ1) is 14.4. The van der Waals surface area contributed by atoms with Crippen LogP contribution in [0.25, 0.3) is 0 Å². The van der Waals surface area contributed by atoms with Crippen molar-refractivity contribution >= 4 is 29.1 Å². The maximum Gasteiger partial charge on any atom is 0.287 e. The molecule has 0 spiro atoms. The number of rotatable bonds is 5. The van der Waals surface area contributed by atoms with Crippen LogP contribution in [0.1, 0.15) is 13.8 Å². The number of anilines is 1. The van der Waals surface area contributed by atoms with Gasteiger partial charge >= 0.3 is 0 Å². The van der Waals surface area contributed by atoms with E-state index in [1.165, 1.54) is 4.68 Å². The zero-order valence-corrected chi connectivity index (χ0v) is 12.2. The summed E-state index contributed by atoms with van der Waals surface area (Å²) in [5, 5.41) is 4.23. The van der Waals surface area contributed by atoms with Gasteiger partial charge in [0.15, 0.2) is 0 Å². The molecule has 6 heteroatoms. The minimum atomic E-state index is -0.258. The average molecular weight is 276 g/mol. The molecule has 1 aromatic rings. The highest BCUT2D eigenvalue weighted by molar-refractivity contribution is 7.99. The normalized spacial score (nSPS) is 12.5. The van der Waals surface area contributed by atoms with E-state index in [1.807, 2.05) is 23.7 Å². The highest BCUT2D eigenvalue weighted by atomic mass is 35.5. The monoisotopic (exact) mass is 275 g/mol. The van der Waals surface area contributed by atoms with E-state index in [-0.39, 0.29) is 10.6 Å². The molecule has 1 aromatic heterocycles. The molecule has 1 rings (SSSR count). The molecule has 4 nitrogen and oxygen atoms in total. The van der Waals surface area contributed by atoms with Crippen molar-refractivity contribution in [1.82, 2.24) is 9.78 Å². The SMILES string of the molecule is CCSC[C@H](C)N(C)c1cnn(C)c(=O)c1Cl. The van der Waals surface area contributed by atoms with Gasteiger partial charge in [0, 0.05) is 25.9 Å². The lowest BCUT2D eigenvalue weighted by molar-refractivity contribution is 0.694. The fraction of sp³-hybridized carbons (Fsp3) is 0.636. The molecule has 96 valence electrons. The first-order valence-corrected chi connectivity index (χ1v) is 7.04. The lowest BCUT2D eigenvalue weighted by atomic mass is 10.3. The third-order valence-electron chi connectivity index (χ3n) is 2.66. The van der Waals surface area contributed by atoms with Gasteiger partial charge in [-0.15, -0.1) is 0 Å². The zero-order chi connectivity index (χ0) is 13.0. The summed E-state index contributed by atoms with van der Waals surface area (Å²) < 4.78 is 1.24. The molecule has 17 heavy (non-hydrogen) atoms. The zero-order valence-electron chi connectivity index (χ0n) is 10.6. The quantitative estimate of drug-likeness (QED) is 0.824. The van der Waals surface area contributed by atoms with Gasteiger partial charge in [-0.2, -0.15) is 16.9 Å². The topological polar surface area (TPSA) is 38.1 Å². The van der Waals surface area contributed by atoms with Crippen molar-refractivity contribution in [3.63, 3.8) is 0 Å². The van der Waals surface area contributed by atoms with E-state index in [2.05, 4.69) is 18.9 Å². The minimum Gasteiger partial charge on any atom is -0.368 e. The van der Waals surface area contributed by atoms with Gasteiger partial charge in [0.25, 0.3) is 5.56 Å². The predicted molar refractivity (Wildman–Crippen MR) is 75.4 cm³/mol. The van der Waals surface area contributed by atoms with Gasteiger partial charge in [0.2, 0.25) is 0 Å². The summed E-state index contributed by atoms with van der Waals surface area (Å²) in [5.74, 6) is 2.08. The van der Waals surface area contributed by atoms with Crippen LogP contribution in [0, 0.1) is 0 Å². The molecular formula is C11H18ClN3OS. The lowest BCUT2D eigenvalue weighted by Gasteiger charge is -2.27. The molecule has 0 aliphatic rings. The van der Waals surface area contributed by atoms with Crippen molar-refractivity contribution in [2.45, 2.75) is 19.9 Å². The van der Waals surface area contributed by atoms with Gasteiger partial charge in [0.1, 0.15) is 5.02 Å². The maximum absolute atomic E-state index is 11.7. The van der Waals surface area contributed by atoms with Gasteiger partial charge in [0.05, 0.1) is 11.9 Å². The van der Waals surface area contributed by atoms with E-state index in [1.54, 1.807) is 13.2 Å². The lowest BCUT2D eigenvalue weighted by Crippen LogP contribution is -2.33. The van der Waals surface area contributed by atoms with Crippen LogP contribution < -0.4 is 10.5 Å². The summed E-state index contributed by atoms with van der Waals surface area (Å²) in [6.45, 7) is 4.24. The van der Waals surface area contributed by atoms with Crippen LogP contribution in [-0.2, 0) is 7.05 Å². The van der Waals surface area contributed by atoms with Crippen molar-refractivity contribution < 1.29 is 0 Å². The molecule has 0 amide bonds. The smallest absolute Gasteiger partial charge is 0.287 e. The molecule has 0 N–H and O–H groups in total. The largest absolute Gasteiger partial charge is 0.368 e. The Morgan fingerprint density at radius 2 is 2.29 bits per heavy atom. The molecule has 1 heterocycles. The van der Waals surface area contributed by atoms with Gasteiger partial charge in [-0.1, -0.05) is 18.5 Å². The molecule has 1 atom stereocenters. The van der Waals surface area contributed by atoms with Crippen molar-refractivity contribution in [2.75, 3.05) is 23.5 Å². The number of hydrogen-bond donors (Lipinski definition) is 0. The highest BCUT2D eigenvalue weighted by Crippen LogP contribution is 2.22. The van der Waals surface area contributed by atoms with E-state index in [0.29, 0.717) is 11.7 Å². The Morgan fingerprint density at radius 1 is 1.65 bits per heavy atom. The van der Waals surface area contributed by atoms with E-state index in [4.69, 9.17) is 11.6 Å². The number of aryl methyl sites for hydroxylation is 1. The highest BCUT2D eigenvalue weighted by Gasteiger charge is 2.16. The average Bonchev–Trinajstić information content (AvgIpc) is 2.32. The second kappa shape index (κ2) is 6.31. The summed E-state index contributed by atoms with van der Waals surface area (Å²) in [4.78, 5) is 13.7. The summed E-state index contributed by atoms with van der Waals surface area (Å²) in [5.41, 5.74) is 0.435. The number of thioether (sulfide) groups is 1. The van der Waals surface area contributed by atoms with Crippen molar-refractivity contribution in [3.05, 3.63) is 21.6 Å². The first-order chi connectivity index (χ1) is 7.99. The molecule has 0 aliphatic heterocycles. The molecule has 0 saturated carbocycles. The molecule has 0 saturated heterocycles. The fourth-order valence-corrected chi connectivity index (χ4v) is 2.49. The Labute approximate surface area is 111 Å². The second-order valence-electron chi connectivity index (χ2n) is 3.89. The molecule has 0 fully saturated rings. The summed E-state index contributed by atoms with van der Waals surface area (Å²) in [6, 6.07) is 0.311. The number of aromatic nitrogens is 2. The number of halogens is 1. The van der Waals surface area contributed by atoms with Crippen LogP contribution in [0.5, 0.6) is 0 Å². The van der Waals surface area contributed by atoms with E-state index >= 15 is 0 Å². The van der Waals surface area contributed by atoms with Gasteiger partial charge in [-0.3, -0.25) is 4.79 Å². The van der Waals surface area contributed by atoms with E-state index in [9.17, 15) is 4.79 Å². The summed E-state index contributed by atoms with van der Waals surface area (Å²) >= 11 is 7.91. The van der Waals surface area contributed by atoms with Crippen LogP contribution in [0.15, 0.2) is 11.0 Å². The van der Waals surface area contributed by atoms with Crippen LogP contribution >= 0.6 is 23.4 Å². The molecule has 0 unspecified atom stereocenters. The molecule has 0 bridgehead atoms. The Morgan fingerprint density at radius 3 is 2.88 bits per heavy atom. The Balaban J connectivity index is 2.93. The first-order valence-electron chi connectivity index (χ1n) is 5.51. The summed E-state index contributed by atoms with van der Waals surface area (Å²) in [7, 11) is 3.53. The Kier molecular flexibility index (Phi) is 5.33.